The fraction of sp³-hybridized carbons (Fsp3) is 0.688. The molecule has 2 aliphatic rings. The lowest BCUT2D eigenvalue weighted by Crippen LogP contribution is -2.58. The summed E-state index contributed by atoms with van der Waals surface area (Å²) in [5.74, 6) is 1.26. The van der Waals surface area contributed by atoms with Crippen molar-refractivity contribution in [2.75, 3.05) is 26.8 Å². The van der Waals surface area contributed by atoms with Gasteiger partial charge in [-0.1, -0.05) is 0 Å². The molecule has 1 saturated carbocycles. The molecular formula is C16H24N2O4. The van der Waals surface area contributed by atoms with E-state index in [0.29, 0.717) is 25.6 Å². The van der Waals surface area contributed by atoms with Crippen LogP contribution in [0, 0.1) is 0 Å². The topological polar surface area (TPSA) is 63.9 Å². The number of carbonyl (C=O) groups is 1. The number of nitrogens with zero attached hydrogens (tertiary/aromatic N) is 1. The van der Waals surface area contributed by atoms with E-state index in [1.165, 1.54) is 0 Å². The number of morpholine rings is 1. The van der Waals surface area contributed by atoms with Gasteiger partial charge in [-0.05, 0) is 32.4 Å². The summed E-state index contributed by atoms with van der Waals surface area (Å²) in [7, 11) is 1.65. The van der Waals surface area contributed by atoms with Crippen LogP contribution >= 0.6 is 0 Å². The molecule has 0 aromatic carbocycles. The van der Waals surface area contributed by atoms with Crippen LogP contribution in [0.5, 0.6) is 0 Å². The lowest BCUT2D eigenvalue weighted by atomic mass is 10.1. The molecule has 1 N–H and O–H groups in total. The Bertz CT molecular complexity index is 514. The maximum absolute atomic E-state index is 12.5. The van der Waals surface area contributed by atoms with Crippen LogP contribution in [0.4, 0.5) is 4.79 Å². The zero-order chi connectivity index (χ0) is 15.7. The van der Waals surface area contributed by atoms with Crippen LogP contribution in [0.2, 0.25) is 0 Å². The molecule has 2 heterocycles. The molecule has 6 heteroatoms. The third-order valence-corrected chi connectivity index (χ3v) is 4.13. The second-order valence-electron chi connectivity index (χ2n) is 6.75. The van der Waals surface area contributed by atoms with Gasteiger partial charge in [0.25, 0.3) is 0 Å². The van der Waals surface area contributed by atoms with Crippen molar-refractivity contribution in [1.29, 1.82) is 0 Å². The maximum atomic E-state index is 12.5. The Hall–Kier alpha value is -1.53. The van der Waals surface area contributed by atoms with Crippen molar-refractivity contribution in [2.45, 2.75) is 43.9 Å². The van der Waals surface area contributed by atoms with Crippen LogP contribution in [0.1, 0.15) is 31.9 Å². The molecule has 0 radical (unpaired) electrons. The Morgan fingerprint density at radius 1 is 1.55 bits per heavy atom. The molecule has 1 aromatic rings. The molecule has 1 aromatic heterocycles. The number of nitrogens with one attached hydrogen (secondary N) is 1. The standard InChI is InChI=1S/C16H24N2O4/c1-16(2)10-18(8-11(22-16)9-20-3)15(19)17-13-7-12(13)14-5-4-6-21-14/h4-6,11-13H,7-10H2,1-3H3,(H,17,19)/t11-,12-,13-/m1/s1. The van der Waals surface area contributed by atoms with Crippen molar-refractivity contribution < 1.29 is 18.7 Å². The Morgan fingerprint density at radius 3 is 3.05 bits per heavy atom. The highest BCUT2D eigenvalue weighted by atomic mass is 16.5. The molecule has 122 valence electrons. The van der Waals surface area contributed by atoms with Gasteiger partial charge in [0.15, 0.2) is 0 Å². The van der Waals surface area contributed by atoms with Crippen molar-refractivity contribution >= 4 is 6.03 Å². The van der Waals surface area contributed by atoms with Crippen LogP contribution in [0.25, 0.3) is 0 Å². The molecule has 2 fully saturated rings. The highest BCUT2D eigenvalue weighted by Crippen LogP contribution is 2.41. The molecule has 2 amide bonds. The predicted octanol–water partition coefficient (Wildman–Crippen LogP) is 1.97. The van der Waals surface area contributed by atoms with Crippen LogP contribution in [0.3, 0.4) is 0 Å². The lowest BCUT2D eigenvalue weighted by molar-refractivity contribution is -0.142. The second-order valence-corrected chi connectivity index (χ2v) is 6.75. The van der Waals surface area contributed by atoms with Crippen LogP contribution < -0.4 is 5.32 Å². The smallest absolute Gasteiger partial charge is 0.317 e. The van der Waals surface area contributed by atoms with Crippen molar-refractivity contribution in [3.05, 3.63) is 24.2 Å². The molecule has 0 spiro atoms. The summed E-state index contributed by atoms with van der Waals surface area (Å²) in [5.41, 5.74) is -0.358. The van der Waals surface area contributed by atoms with E-state index in [9.17, 15) is 4.79 Å². The maximum Gasteiger partial charge on any atom is 0.317 e. The molecule has 3 rings (SSSR count). The summed E-state index contributed by atoms with van der Waals surface area (Å²) < 4.78 is 16.5. The van der Waals surface area contributed by atoms with E-state index in [1.807, 2.05) is 30.9 Å². The van der Waals surface area contributed by atoms with E-state index >= 15 is 0 Å². The van der Waals surface area contributed by atoms with Gasteiger partial charge in [0.05, 0.1) is 37.7 Å². The van der Waals surface area contributed by atoms with Gasteiger partial charge in [-0.25, -0.2) is 4.79 Å². The number of amides is 2. The van der Waals surface area contributed by atoms with Gasteiger partial charge in [-0.2, -0.15) is 0 Å². The third-order valence-electron chi connectivity index (χ3n) is 4.13. The van der Waals surface area contributed by atoms with Gasteiger partial charge in [0.1, 0.15) is 5.76 Å². The Kier molecular flexibility index (Phi) is 4.14. The zero-order valence-corrected chi connectivity index (χ0v) is 13.4. The Labute approximate surface area is 130 Å². The summed E-state index contributed by atoms with van der Waals surface area (Å²) in [4.78, 5) is 14.3. The first-order valence-corrected chi connectivity index (χ1v) is 7.74. The summed E-state index contributed by atoms with van der Waals surface area (Å²) in [6.45, 7) is 5.62. The molecule has 1 saturated heterocycles. The number of urea groups is 1. The minimum absolute atomic E-state index is 0.0310. The summed E-state index contributed by atoms with van der Waals surface area (Å²) in [5, 5.41) is 3.09. The molecule has 0 bridgehead atoms. The molecule has 6 nitrogen and oxygen atoms in total. The van der Waals surface area contributed by atoms with Crippen molar-refractivity contribution in [3.8, 4) is 0 Å². The van der Waals surface area contributed by atoms with Gasteiger partial charge in [-0.3, -0.25) is 0 Å². The van der Waals surface area contributed by atoms with E-state index in [-0.39, 0.29) is 23.8 Å². The SMILES string of the molecule is COC[C@H]1CN(C(=O)N[C@@H]2C[C@H]2c2ccco2)CC(C)(C)O1. The van der Waals surface area contributed by atoms with Gasteiger partial charge >= 0.3 is 6.03 Å². The average molecular weight is 308 g/mol. The van der Waals surface area contributed by atoms with Gasteiger partial charge in [0, 0.05) is 19.1 Å². The van der Waals surface area contributed by atoms with E-state index < -0.39 is 0 Å². The highest BCUT2D eigenvalue weighted by Gasteiger charge is 2.43. The summed E-state index contributed by atoms with van der Waals surface area (Å²) in [6, 6.07) is 3.98. The normalized spacial score (nSPS) is 30.1. The van der Waals surface area contributed by atoms with Crippen LogP contribution in [0.15, 0.2) is 22.8 Å². The quantitative estimate of drug-likeness (QED) is 0.923. The van der Waals surface area contributed by atoms with E-state index in [1.54, 1.807) is 13.4 Å². The van der Waals surface area contributed by atoms with Crippen LogP contribution in [-0.2, 0) is 9.47 Å². The second kappa shape index (κ2) is 5.93. The molecule has 22 heavy (non-hydrogen) atoms. The lowest BCUT2D eigenvalue weighted by Gasteiger charge is -2.42. The highest BCUT2D eigenvalue weighted by molar-refractivity contribution is 5.75. The number of ether oxygens (including phenoxy) is 2. The van der Waals surface area contributed by atoms with Crippen molar-refractivity contribution in [3.63, 3.8) is 0 Å². The average Bonchev–Trinajstić information content (AvgIpc) is 2.99. The number of furan rings is 1. The predicted molar refractivity (Wildman–Crippen MR) is 80.8 cm³/mol. The van der Waals surface area contributed by atoms with E-state index in [0.717, 1.165) is 12.2 Å². The van der Waals surface area contributed by atoms with E-state index in [4.69, 9.17) is 13.9 Å². The number of hydrogen-bond donors (Lipinski definition) is 1. The summed E-state index contributed by atoms with van der Waals surface area (Å²) in [6.07, 6.45) is 2.53. The monoisotopic (exact) mass is 308 g/mol. The Morgan fingerprint density at radius 2 is 2.36 bits per heavy atom. The number of methoxy groups -OCH3 is 1. The number of rotatable bonds is 4. The van der Waals surface area contributed by atoms with Crippen molar-refractivity contribution in [2.24, 2.45) is 0 Å². The summed E-state index contributed by atoms with van der Waals surface area (Å²) >= 11 is 0. The van der Waals surface area contributed by atoms with Gasteiger partial charge in [0.2, 0.25) is 0 Å². The molecule has 1 aliphatic heterocycles. The zero-order valence-electron chi connectivity index (χ0n) is 13.4. The van der Waals surface area contributed by atoms with Crippen molar-refractivity contribution in [1.82, 2.24) is 10.2 Å². The fourth-order valence-corrected chi connectivity index (χ4v) is 3.14. The van der Waals surface area contributed by atoms with Crippen LogP contribution in [-0.4, -0.2) is 55.5 Å². The molecule has 0 unspecified atom stereocenters. The minimum atomic E-state index is -0.358. The molecular weight excluding hydrogens is 284 g/mol. The number of carbonyl (C=O) groups excluding carboxylic acids is 1. The third kappa shape index (κ3) is 3.44. The fourth-order valence-electron chi connectivity index (χ4n) is 3.14. The Balaban J connectivity index is 1.55. The molecule has 3 atom stereocenters. The first kappa shape index (κ1) is 15.4. The van der Waals surface area contributed by atoms with Gasteiger partial charge in [-0.15, -0.1) is 0 Å². The number of hydrogen-bond acceptors (Lipinski definition) is 4. The van der Waals surface area contributed by atoms with E-state index in [2.05, 4.69) is 5.32 Å². The van der Waals surface area contributed by atoms with Gasteiger partial charge < -0.3 is 24.1 Å². The first-order valence-electron chi connectivity index (χ1n) is 7.74. The minimum Gasteiger partial charge on any atom is -0.469 e. The molecule has 1 aliphatic carbocycles. The largest absolute Gasteiger partial charge is 0.469 e. The first-order chi connectivity index (χ1) is 10.5.